The summed E-state index contributed by atoms with van der Waals surface area (Å²) in [5, 5.41) is 12.2. The maximum absolute atomic E-state index is 12.6. The smallest absolute Gasteiger partial charge is 0.263 e. The summed E-state index contributed by atoms with van der Waals surface area (Å²) in [4.78, 5) is 1.88. The van der Waals surface area contributed by atoms with E-state index in [-0.39, 0.29) is 19.5 Å². The largest absolute Gasteiger partial charge is 0.857 e. The Kier molecular flexibility index (Phi) is 9.44. The summed E-state index contributed by atoms with van der Waals surface area (Å²) >= 11 is 1.45. The first-order valence-corrected chi connectivity index (χ1v) is 18.3. The van der Waals surface area contributed by atoms with Crippen LogP contribution in [-0.4, -0.2) is 45.3 Å². The Labute approximate surface area is 267 Å². The zero-order valence-electron chi connectivity index (χ0n) is 24.9. The molecule has 1 atom stereocenters. The molecule has 1 aliphatic heterocycles. The van der Waals surface area contributed by atoms with E-state index in [2.05, 4.69) is 4.40 Å². The van der Waals surface area contributed by atoms with Crippen molar-refractivity contribution in [3.63, 3.8) is 0 Å². The molecule has 0 saturated carbocycles. The molecule has 0 amide bonds. The lowest BCUT2D eigenvalue weighted by Crippen LogP contribution is -2.43. The predicted molar refractivity (Wildman–Crippen MR) is 174 cm³/mol. The molecule has 1 aliphatic rings. The number of sulfonamides is 1. The maximum atomic E-state index is 12.6. The van der Waals surface area contributed by atoms with Gasteiger partial charge in [-0.2, -0.15) is 8.96 Å². The van der Waals surface area contributed by atoms with E-state index in [1.807, 2.05) is 96.8 Å². The zero-order valence-corrected chi connectivity index (χ0v) is 27.4. The van der Waals surface area contributed by atoms with Crippen molar-refractivity contribution < 1.29 is 35.8 Å². The van der Waals surface area contributed by atoms with Gasteiger partial charge in [-0.15, -0.1) is 0 Å². The number of allylic oxidation sites excluding steroid dienone is 2. The highest BCUT2D eigenvalue weighted by molar-refractivity contribution is 7.89. The molecule has 0 bridgehead atoms. The van der Waals surface area contributed by atoms with E-state index in [1.54, 1.807) is 4.57 Å². The molecular formula is C32H32N3O7S3-. The number of nitrogens with zero attached hydrogens (tertiary/aromatic N) is 3. The van der Waals surface area contributed by atoms with Gasteiger partial charge in [-0.05, 0) is 54.7 Å². The van der Waals surface area contributed by atoms with Crippen LogP contribution in [0.4, 0.5) is 5.69 Å². The summed E-state index contributed by atoms with van der Waals surface area (Å²) in [5.74, 6) is 0.281. The van der Waals surface area contributed by atoms with E-state index in [1.165, 1.54) is 18.3 Å². The Balaban J connectivity index is 1.56. The van der Waals surface area contributed by atoms with Crippen molar-refractivity contribution in [2.45, 2.75) is 38.5 Å². The van der Waals surface area contributed by atoms with Crippen LogP contribution in [-0.2, 0) is 26.7 Å². The lowest BCUT2D eigenvalue weighted by Gasteiger charge is -2.22. The number of para-hydroxylation sites is 1. The van der Waals surface area contributed by atoms with Gasteiger partial charge in [0.05, 0.1) is 22.1 Å². The first-order chi connectivity index (χ1) is 21.3. The Bertz CT molecular complexity index is 2030. The van der Waals surface area contributed by atoms with Crippen molar-refractivity contribution >= 4 is 59.4 Å². The SMILES string of the molecule is CCC(/C=C1\Oc2ccc(-c3ccccc3)cc2N1CCC(C)S(=O)(=O)[O-])=C\c1sc2ccccc2[n+]1C/C([O-])=N\S(C)(=O)=O. The van der Waals surface area contributed by atoms with Crippen molar-refractivity contribution in [1.29, 1.82) is 0 Å². The van der Waals surface area contributed by atoms with Crippen LogP contribution in [0.25, 0.3) is 27.4 Å². The molecule has 13 heteroatoms. The number of aromatic nitrogens is 1. The van der Waals surface area contributed by atoms with Gasteiger partial charge in [0.1, 0.15) is 4.70 Å². The third kappa shape index (κ3) is 7.79. The first-order valence-electron chi connectivity index (χ1n) is 14.2. The number of fused-ring (bicyclic) bond motifs is 2. The van der Waals surface area contributed by atoms with Crippen molar-refractivity contribution in [2.75, 3.05) is 17.7 Å². The van der Waals surface area contributed by atoms with Crippen LogP contribution in [0.1, 0.15) is 31.7 Å². The number of benzene rings is 3. The Morgan fingerprint density at radius 1 is 1.04 bits per heavy atom. The summed E-state index contributed by atoms with van der Waals surface area (Å²) in [6.07, 6.45) is 5.32. The van der Waals surface area contributed by atoms with Crippen molar-refractivity contribution in [2.24, 2.45) is 4.40 Å². The lowest BCUT2D eigenvalue weighted by atomic mass is 10.0. The summed E-state index contributed by atoms with van der Waals surface area (Å²) in [6.45, 7) is 3.34. The van der Waals surface area contributed by atoms with Gasteiger partial charge in [0.15, 0.2) is 12.3 Å². The number of rotatable bonds is 11. The fourth-order valence-electron chi connectivity index (χ4n) is 4.94. The maximum Gasteiger partial charge on any atom is 0.263 e. The van der Waals surface area contributed by atoms with Crippen LogP contribution in [0.15, 0.2) is 94.7 Å². The molecule has 2 heterocycles. The standard InChI is InChI=1S/C32H33N3O7S3/c1-4-23(19-32-35(21-30(36)33-44(3,37)38)26-12-8-9-13-29(26)43-32)18-31-34(17-16-22(2)45(39,40)41)27-20-25(14-15-28(27)42-31)24-10-6-5-7-11-24/h5-15,18-20,22H,4,16-17,21H2,1-3H3,(H-,33,36,39,40,41)/p-1. The van der Waals surface area contributed by atoms with E-state index >= 15 is 0 Å². The quantitative estimate of drug-likeness (QED) is 0.0990. The number of hydrogen-bond donors (Lipinski definition) is 0. The number of hydrogen-bond acceptors (Lipinski definition) is 9. The van der Waals surface area contributed by atoms with Gasteiger partial charge in [0, 0.05) is 35.9 Å². The molecule has 236 valence electrons. The molecule has 0 spiro atoms. The molecule has 3 aromatic carbocycles. The zero-order chi connectivity index (χ0) is 32.4. The van der Waals surface area contributed by atoms with Crippen molar-refractivity contribution in [1.82, 2.24) is 0 Å². The summed E-state index contributed by atoms with van der Waals surface area (Å²) in [5.41, 5.74) is 4.31. The second-order valence-corrected chi connectivity index (χ2v) is 15.2. The minimum Gasteiger partial charge on any atom is -0.857 e. The molecule has 45 heavy (non-hydrogen) atoms. The normalized spacial score (nSPS) is 15.8. The molecule has 0 radical (unpaired) electrons. The second-order valence-electron chi connectivity index (χ2n) is 10.7. The number of anilines is 1. The van der Waals surface area contributed by atoms with Gasteiger partial charge in [-0.25, -0.2) is 16.8 Å². The van der Waals surface area contributed by atoms with Gasteiger partial charge >= 0.3 is 0 Å². The van der Waals surface area contributed by atoms with Crippen molar-refractivity contribution in [3.8, 4) is 16.9 Å². The van der Waals surface area contributed by atoms with Gasteiger partial charge in [0.25, 0.3) is 5.01 Å². The second kappa shape index (κ2) is 13.1. The Morgan fingerprint density at radius 2 is 1.76 bits per heavy atom. The number of thiazole rings is 1. The fourth-order valence-corrected chi connectivity index (χ4v) is 6.90. The van der Waals surface area contributed by atoms with Crippen LogP contribution in [0, 0.1) is 0 Å². The molecule has 1 aromatic heterocycles. The summed E-state index contributed by atoms with van der Waals surface area (Å²) in [7, 11) is -8.32. The first kappa shape index (κ1) is 32.4. The molecule has 0 saturated heterocycles. The topological polar surface area (TPSA) is 143 Å². The van der Waals surface area contributed by atoms with Crippen molar-refractivity contribution in [3.05, 3.63) is 95.3 Å². The minimum atomic E-state index is -4.47. The third-order valence-electron chi connectivity index (χ3n) is 7.31. The van der Waals surface area contributed by atoms with E-state index < -0.39 is 31.3 Å². The average Bonchev–Trinajstić information content (AvgIpc) is 3.50. The molecule has 0 fully saturated rings. The molecule has 5 rings (SSSR count). The molecule has 0 aliphatic carbocycles. The monoisotopic (exact) mass is 666 g/mol. The average molecular weight is 667 g/mol. The molecule has 0 N–H and O–H groups in total. The summed E-state index contributed by atoms with van der Waals surface area (Å²) in [6, 6.07) is 23.1. The Hall–Kier alpha value is -4.04. The lowest BCUT2D eigenvalue weighted by molar-refractivity contribution is -0.658. The van der Waals surface area contributed by atoms with Crippen LogP contribution in [0.3, 0.4) is 0 Å². The third-order valence-corrected chi connectivity index (χ3v) is 10.2. The van der Waals surface area contributed by atoms with Gasteiger partial charge in [-0.3, -0.25) is 0 Å². The molecule has 10 nitrogen and oxygen atoms in total. The van der Waals surface area contributed by atoms with Crippen LogP contribution < -0.4 is 19.3 Å². The van der Waals surface area contributed by atoms with Gasteiger partial charge < -0.3 is 19.3 Å². The fraction of sp³-hybridized carbons (Fsp3) is 0.250. The summed E-state index contributed by atoms with van der Waals surface area (Å²) < 4.78 is 70.6. The highest BCUT2D eigenvalue weighted by Gasteiger charge is 2.28. The van der Waals surface area contributed by atoms with E-state index in [9.17, 15) is 26.5 Å². The number of ether oxygens (including phenoxy) is 1. The molecular weight excluding hydrogens is 635 g/mol. The highest BCUT2D eigenvalue weighted by Crippen LogP contribution is 2.42. The van der Waals surface area contributed by atoms with Crippen LogP contribution in [0.2, 0.25) is 0 Å². The minimum absolute atomic E-state index is 0.0922. The van der Waals surface area contributed by atoms with Crippen LogP contribution in [0.5, 0.6) is 5.75 Å². The van der Waals surface area contributed by atoms with E-state index in [4.69, 9.17) is 4.74 Å². The van der Waals surface area contributed by atoms with Gasteiger partial charge in [0.2, 0.25) is 21.4 Å². The van der Waals surface area contributed by atoms with E-state index in [0.29, 0.717) is 23.1 Å². The molecule has 4 aromatic rings. The van der Waals surface area contributed by atoms with Crippen LogP contribution >= 0.6 is 11.3 Å². The van der Waals surface area contributed by atoms with E-state index in [0.717, 1.165) is 38.9 Å². The van der Waals surface area contributed by atoms with Gasteiger partial charge in [-0.1, -0.05) is 66.8 Å². The highest BCUT2D eigenvalue weighted by atomic mass is 32.2. The predicted octanol–water partition coefficient (Wildman–Crippen LogP) is 4.43. The molecule has 1 unspecified atom stereocenters. The Morgan fingerprint density at radius 3 is 2.44 bits per heavy atom.